The van der Waals surface area contributed by atoms with Gasteiger partial charge < -0.3 is 20.5 Å². The predicted octanol–water partition coefficient (Wildman–Crippen LogP) is 2.78. The average molecular weight is 477 g/mol. The molecule has 0 aliphatic carbocycles. The van der Waals surface area contributed by atoms with Crippen LogP contribution in [-0.4, -0.2) is 35.8 Å². The fraction of sp³-hybridized carbons (Fsp3) is 0.200. The Kier molecular flexibility index (Phi) is 8.23. The predicted molar refractivity (Wildman–Crippen MR) is 132 cm³/mol. The largest absolute Gasteiger partial charge is 0.493 e. The summed E-state index contributed by atoms with van der Waals surface area (Å²) in [7, 11) is 1.52. The van der Waals surface area contributed by atoms with E-state index < -0.39 is 17.9 Å². The molecule has 1 unspecified atom stereocenters. The Labute approximate surface area is 203 Å². The molecule has 3 rings (SSSR count). The first-order valence-electron chi connectivity index (χ1n) is 10.8. The van der Waals surface area contributed by atoms with Crippen molar-refractivity contribution in [1.29, 1.82) is 5.41 Å². The Morgan fingerprint density at radius 2 is 1.74 bits per heavy atom. The molecule has 0 aliphatic heterocycles. The first-order valence-corrected chi connectivity index (χ1v) is 10.8. The molecule has 35 heavy (non-hydrogen) atoms. The van der Waals surface area contributed by atoms with E-state index in [2.05, 4.69) is 21.2 Å². The van der Waals surface area contributed by atoms with Gasteiger partial charge in [0.15, 0.2) is 11.5 Å². The third-order valence-electron chi connectivity index (χ3n) is 4.85. The van der Waals surface area contributed by atoms with Gasteiger partial charge >= 0.3 is 0 Å². The lowest BCUT2D eigenvalue weighted by Gasteiger charge is -2.22. The molecule has 0 saturated carbocycles. The van der Waals surface area contributed by atoms with Gasteiger partial charge in [-0.15, -0.1) is 0 Å². The molecule has 1 aromatic heterocycles. The van der Waals surface area contributed by atoms with Gasteiger partial charge in [0.2, 0.25) is 0 Å². The lowest BCUT2D eigenvalue weighted by atomic mass is 10.0. The first kappa shape index (κ1) is 25.0. The fourth-order valence-electron chi connectivity index (χ4n) is 3.18. The molecule has 0 bridgehead atoms. The van der Waals surface area contributed by atoms with Crippen LogP contribution in [0, 0.1) is 5.41 Å². The minimum Gasteiger partial charge on any atom is -0.493 e. The van der Waals surface area contributed by atoms with Crippen molar-refractivity contribution in [2.24, 2.45) is 5.73 Å². The summed E-state index contributed by atoms with van der Waals surface area (Å²) in [6.45, 7) is 3.81. The van der Waals surface area contributed by atoms with Crippen LogP contribution < -0.4 is 31.4 Å². The zero-order valence-electron chi connectivity index (χ0n) is 19.7. The number of benzene rings is 2. The van der Waals surface area contributed by atoms with Crippen LogP contribution in [0.3, 0.4) is 0 Å². The molecule has 3 aromatic rings. The molecule has 6 N–H and O–H groups in total. The van der Waals surface area contributed by atoms with E-state index in [9.17, 15) is 9.59 Å². The smallest absolute Gasteiger partial charge is 0.288 e. The molecule has 0 aliphatic rings. The van der Waals surface area contributed by atoms with Crippen LogP contribution in [0.2, 0.25) is 0 Å². The molecule has 2 aromatic carbocycles. The van der Waals surface area contributed by atoms with Crippen LogP contribution in [0.15, 0.2) is 66.9 Å². The second kappa shape index (κ2) is 11.5. The number of hydrazine groups is 1. The van der Waals surface area contributed by atoms with E-state index in [0.29, 0.717) is 28.3 Å². The summed E-state index contributed by atoms with van der Waals surface area (Å²) in [4.78, 5) is 29.5. The number of ether oxygens (including phenoxy) is 2. The third kappa shape index (κ3) is 6.70. The molecule has 2 amide bonds. The van der Waals surface area contributed by atoms with Gasteiger partial charge in [-0.2, -0.15) is 0 Å². The van der Waals surface area contributed by atoms with Crippen molar-refractivity contribution in [3.63, 3.8) is 0 Å². The molecule has 0 radical (unpaired) electrons. The van der Waals surface area contributed by atoms with Crippen molar-refractivity contribution in [2.45, 2.75) is 26.0 Å². The standard InChI is InChI=1S/C25H28N6O4/c1-15(2)35-20-12-9-17(14-21(20)34-3)22(29-18-10-7-16(8-11-18)23(26)27)25(33)31-30-24(32)19-6-4-5-13-28-19/h4-15,22,29H,1-3H3,(H3,26,27)(H,30,32)(H,31,33). The van der Waals surface area contributed by atoms with Gasteiger partial charge in [-0.1, -0.05) is 12.1 Å². The molecule has 0 fully saturated rings. The van der Waals surface area contributed by atoms with Gasteiger partial charge in [0.05, 0.1) is 13.2 Å². The second-order valence-electron chi connectivity index (χ2n) is 7.80. The molecule has 10 nitrogen and oxygen atoms in total. The summed E-state index contributed by atoms with van der Waals surface area (Å²) in [6.07, 6.45) is 1.42. The van der Waals surface area contributed by atoms with Crippen molar-refractivity contribution in [3.05, 3.63) is 83.7 Å². The van der Waals surface area contributed by atoms with Crippen molar-refractivity contribution >= 4 is 23.3 Å². The highest BCUT2D eigenvalue weighted by molar-refractivity contribution is 5.96. The Hall–Kier alpha value is -4.60. The van der Waals surface area contributed by atoms with E-state index in [4.69, 9.17) is 20.6 Å². The second-order valence-corrected chi connectivity index (χ2v) is 7.80. The Morgan fingerprint density at radius 1 is 1.00 bits per heavy atom. The topological polar surface area (TPSA) is 151 Å². The number of amides is 2. The summed E-state index contributed by atoms with van der Waals surface area (Å²) < 4.78 is 11.2. The quantitative estimate of drug-likeness (QED) is 0.181. The average Bonchev–Trinajstić information content (AvgIpc) is 2.86. The number of pyridine rings is 1. The number of rotatable bonds is 9. The van der Waals surface area contributed by atoms with Crippen molar-refractivity contribution in [1.82, 2.24) is 15.8 Å². The van der Waals surface area contributed by atoms with Crippen LogP contribution in [0.1, 0.15) is 41.5 Å². The number of nitrogens with one attached hydrogen (secondary N) is 4. The lowest BCUT2D eigenvalue weighted by Crippen LogP contribution is -2.45. The number of carbonyl (C=O) groups is 2. The summed E-state index contributed by atoms with van der Waals surface area (Å²) in [5.74, 6) is -0.139. The number of anilines is 1. The van der Waals surface area contributed by atoms with Crippen molar-refractivity contribution in [3.8, 4) is 11.5 Å². The van der Waals surface area contributed by atoms with Gasteiger partial charge in [0, 0.05) is 17.4 Å². The summed E-state index contributed by atoms with van der Waals surface area (Å²) in [6, 6.07) is 15.9. The van der Waals surface area contributed by atoms with Crippen LogP contribution >= 0.6 is 0 Å². The molecule has 10 heteroatoms. The van der Waals surface area contributed by atoms with Crippen LogP contribution in [-0.2, 0) is 4.79 Å². The van der Waals surface area contributed by atoms with Crippen molar-refractivity contribution in [2.75, 3.05) is 12.4 Å². The van der Waals surface area contributed by atoms with E-state index in [1.54, 1.807) is 54.6 Å². The van der Waals surface area contributed by atoms with E-state index in [1.807, 2.05) is 13.8 Å². The van der Waals surface area contributed by atoms with E-state index in [1.165, 1.54) is 19.4 Å². The molecular formula is C25H28N6O4. The Morgan fingerprint density at radius 3 is 2.34 bits per heavy atom. The SMILES string of the molecule is COc1cc(C(Nc2ccc(C(=N)N)cc2)C(=O)NNC(=O)c2ccccn2)ccc1OC(C)C. The number of hydrogen-bond donors (Lipinski definition) is 5. The molecule has 0 spiro atoms. The minimum atomic E-state index is -0.913. The number of hydrogen-bond acceptors (Lipinski definition) is 7. The zero-order valence-corrected chi connectivity index (χ0v) is 19.7. The number of nitrogens with zero attached hydrogens (tertiary/aromatic N) is 1. The molecule has 1 heterocycles. The monoisotopic (exact) mass is 476 g/mol. The van der Waals surface area contributed by atoms with Crippen LogP contribution in [0.25, 0.3) is 0 Å². The summed E-state index contributed by atoms with van der Waals surface area (Å²) in [5, 5.41) is 10.7. The molecular weight excluding hydrogens is 448 g/mol. The third-order valence-corrected chi connectivity index (χ3v) is 4.85. The maximum absolute atomic E-state index is 13.2. The minimum absolute atomic E-state index is 0.0615. The summed E-state index contributed by atoms with van der Waals surface area (Å²) in [5.41, 5.74) is 12.2. The van der Waals surface area contributed by atoms with Gasteiger partial charge in [0.25, 0.3) is 11.8 Å². The fourth-order valence-corrected chi connectivity index (χ4v) is 3.18. The van der Waals surface area contributed by atoms with E-state index in [-0.39, 0.29) is 17.6 Å². The van der Waals surface area contributed by atoms with Gasteiger partial charge in [-0.05, 0) is 67.9 Å². The highest BCUT2D eigenvalue weighted by atomic mass is 16.5. The number of nitrogen functional groups attached to an aromatic ring is 1. The number of methoxy groups -OCH3 is 1. The number of carbonyl (C=O) groups excluding carboxylic acids is 2. The summed E-state index contributed by atoms with van der Waals surface area (Å²) >= 11 is 0. The zero-order chi connectivity index (χ0) is 25.4. The van der Waals surface area contributed by atoms with E-state index >= 15 is 0 Å². The Bertz CT molecular complexity index is 1180. The maximum Gasteiger partial charge on any atom is 0.288 e. The number of amidine groups is 1. The van der Waals surface area contributed by atoms with Crippen molar-refractivity contribution < 1.29 is 19.1 Å². The van der Waals surface area contributed by atoms with Crippen LogP contribution in [0.5, 0.6) is 11.5 Å². The molecule has 182 valence electrons. The number of aromatic nitrogens is 1. The maximum atomic E-state index is 13.2. The van der Waals surface area contributed by atoms with Gasteiger partial charge in [0.1, 0.15) is 17.6 Å². The highest BCUT2D eigenvalue weighted by Crippen LogP contribution is 2.32. The van der Waals surface area contributed by atoms with E-state index in [0.717, 1.165) is 0 Å². The normalized spacial score (nSPS) is 11.3. The Balaban J connectivity index is 1.86. The molecule has 1 atom stereocenters. The van der Waals surface area contributed by atoms with Crippen LogP contribution in [0.4, 0.5) is 5.69 Å². The van der Waals surface area contributed by atoms with Gasteiger partial charge in [-0.3, -0.25) is 30.8 Å². The first-order chi connectivity index (χ1) is 16.8. The highest BCUT2D eigenvalue weighted by Gasteiger charge is 2.23. The van der Waals surface area contributed by atoms with Gasteiger partial charge in [-0.25, -0.2) is 0 Å². The molecule has 0 saturated heterocycles. The number of nitrogens with two attached hydrogens (primary N) is 1. The lowest BCUT2D eigenvalue weighted by molar-refractivity contribution is -0.122.